The molecule has 1 fully saturated rings. The maximum atomic E-state index is 12.8. The SMILES string of the molecule is CC1Oc2ccc(S(=O)(=O)N3CCN(C)CC3)cc2N(C)C1=O. The van der Waals surface area contributed by atoms with Gasteiger partial charge in [0, 0.05) is 33.2 Å². The average Bonchev–Trinajstić information content (AvgIpc) is 2.53. The predicted molar refractivity (Wildman–Crippen MR) is 86.2 cm³/mol. The Morgan fingerprint density at radius 2 is 1.78 bits per heavy atom. The number of amides is 1. The van der Waals surface area contributed by atoms with Crippen molar-refractivity contribution in [3.8, 4) is 5.75 Å². The van der Waals surface area contributed by atoms with Gasteiger partial charge in [0.1, 0.15) is 5.75 Å². The van der Waals surface area contributed by atoms with Crippen LogP contribution in [0.3, 0.4) is 0 Å². The minimum atomic E-state index is -3.56. The lowest BCUT2D eigenvalue weighted by Crippen LogP contribution is -2.47. The Morgan fingerprint density at radius 3 is 2.43 bits per heavy atom. The number of rotatable bonds is 2. The summed E-state index contributed by atoms with van der Waals surface area (Å²) in [5.41, 5.74) is 0.489. The van der Waals surface area contributed by atoms with E-state index in [9.17, 15) is 13.2 Å². The van der Waals surface area contributed by atoms with Gasteiger partial charge in [-0.1, -0.05) is 0 Å². The van der Waals surface area contributed by atoms with Crippen molar-refractivity contribution in [2.45, 2.75) is 17.9 Å². The van der Waals surface area contributed by atoms with Gasteiger partial charge in [0.05, 0.1) is 10.6 Å². The largest absolute Gasteiger partial charge is 0.479 e. The van der Waals surface area contributed by atoms with Gasteiger partial charge >= 0.3 is 0 Å². The summed E-state index contributed by atoms with van der Waals surface area (Å²) in [6.07, 6.45) is -0.562. The maximum Gasteiger partial charge on any atom is 0.267 e. The van der Waals surface area contributed by atoms with Gasteiger partial charge in [-0.15, -0.1) is 0 Å². The lowest BCUT2D eigenvalue weighted by molar-refractivity contribution is -0.125. The molecule has 2 aliphatic rings. The van der Waals surface area contributed by atoms with Crippen LogP contribution >= 0.6 is 0 Å². The van der Waals surface area contributed by atoms with Gasteiger partial charge in [0.15, 0.2) is 6.10 Å². The van der Waals surface area contributed by atoms with Crippen LogP contribution in [0.25, 0.3) is 0 Å². The van der Waals surface area contributed by atoms with Crippen LogP contribution in [0.2, 0.25) is 0 Å². The van der Waals surface area contributed by atoms with E-state index in [1.165, 1.54) is 15.3 Å². The summed E-state index contributed by atoms with van der Waals surface area (Å²) < 4.78 is 32.6. The molecule has 126 valence electrons. The number of fused-ring (bicyclic) bond motifs is 1. The molecule has 1 atom stereocenters. The molecule has 1 aromatic rings. The van der Waals surface area contributed by atoms with Crippen molar-refractivity contribution < 1.29 is 17.9 Å². The minimum absolute atomic E-state index is 0.188. The highest BCUT2D eigenvalue weighted by atomic mass is 32.2. The number of likely N-dealkylation sites (N-methyl/N-ethyl adjacent to an activating group) is 2. The second kappa shape index (κ2) is 5.77. The molecule has 0 N–H and O–H groups in total. The van der Waals surface area contributed by atoms with Gasteiger partial charge < -0.3 is 14.5 Å². The third-order valence-corrected chi connectivity index (χ3v) is 6.27. The van der Waals surface area contributed by atoms with E-state index in [2.05, 4.69) is 4.90 Å². The number of hydrogen-bond acceptors (Lipinski definition) is 5. The van der Waals surface area contributed by atoms with Gasteiger partial charge in [-0.2, -0.15) is 4.31 Å². The number of piperazine rings is 1. The molecule has 1 unspecified atom stereocenters. The molecule has 0 aromatic heterocycles. The monoisotopic (exact) mass is 339 g/mol. The van der Waals surface area contributed by atoms with E-state index in [1.807, 2.05) is 7.05 Å². The quantitative estimate of drug-likeness (QED) is 0.778. The average molecular weight is 339 g/mol. The maximum absolute atomic E-state index is 12.8. The summed E-state index contributed by atoms with van der Waals surface area (Å²) in [4.78, 5) is 15.8. The topological polar surface area (TPSA) is 70.2 Å². The van der Waals surface area contributed by atoms with Crippen LogP contribution in [-0.4, -0.2) is 69.9 Å². The lowest BCUT2D eigenvalue weighted by Gasteiger charge is -2.33. The molecule has 0 spiro atoms. The van der Waals surface area contributed by atoms with Gasteiger partial charge in [-0.3, -0.25) is 4.79 Å². The normalized spacial score (nSPS) is 23.5. The summed E-state index contributed by atoms with van der Waals surface area (Å²) in [5, 5.41) is 0. The molecule has 7 nitrogen and oxygen atoms in total. The fourth-order valence-electron chi connectivity index (χ4n) is 2.83. The van der Waals surface area contributed by atoms with Crippen LogP contribution < -0.4 is 9.64 Å². The van der Waals surface area contributed by atoms with Crippen molar-refractivity contribution in [2.75, 3.05) is 45.2 Å². The zero-order valence-corrected chi connectivity index (χ0v) is 14.3. The van der Waals surface area contributed by atoms with Crippen LogP contribution in [0, 0.1) is 0 Å². The van der Waals surface area contributed by atoms with Crippen molar-refractivity contribution in [3.05, 3.63) is 18.2 Å². The Morgan fingerprint density at radius 1 is 1.13 bits per heavy atom. The van der Waals surface area contributed by atoms with Gasteiger partial charge in [-0.25, -0.2) is 8.42 Å². The molecule has 0 saturated carbocycles. The van der Waals surface area contributed by atoms with Gasteiger partial charge in [0.25, 0.3) is 5.91 Å². The first kappa shape index (κ1) is 16.2. The first-order chi connectivity index (χ1) is 10.8. The summed E-state index contributed by atoms with van der Waals surface area (Å²) in [7, 11) is 0.0453. The number of carbonyl (C=O) groups is 1. The molecular weight excluding hydrogens is 318 g/mol. The summed E-state index contributed by atoms with van der Waals surface area (Å²) >= 11 is 0. The lowest BCUT2D eigenvalue weighted by atomic mass is 10.2. The van der Waals surface area contributed by atoms with E-state index in [-0.39, 0.29) is 10.8 Å². The molecule has 2 heterocycles. The standard InChI is InChI=1S/C15H21N3O4S/c1-11-15(19)17(3)13-10-12(4-5-14(13)22-11)23(20,21)18-8-6-16(2)7-9-18/h4-5,10-11H,6-9H2,1-3H3. The van der Waals surface area contributed by atoms with Crippen LogP contribution in [0.5, 0.6) is 5.75 Å². The van der Waals surface area contributed by atoms with Crippen molar-refractivity contribution in [3.63, 3.8) is 0 Å². The second-order valence-electron chi connectivity index (χ2n) is 5.99. The second-order valence-corrected chi connectivity index (χ2v) is 7.93. The molecule has 8 heteroatoms. The van der Waals surface area contributed by atoms with Crippen LogP contribution in [-0.2, 0) is 14.8 Å². The third kappa shape index (κ3) is 2.82. The third-order valence-electron chi connectivity index (χ3n) is 4.37. The highest BCUT2D eigenvalue weighted by molar-refractivity contribution is 7.89. The fraction of sp³-hybridized carbons (Fsp3) is 0.533. The predicted octanol–water partition coefficient (Wildman–Crippen LogP) is 0.366. The van der Waals surface area contributed by atoms with Crippen molar-refractivity contribution in [1.29, 1.82) is 0 Å². The van der Waals surface area contributed by atoms with Gasteiger partial charge in [0.2, 0.25) is 10.0 Å². The van der Waals surface area contributed by atoms with Crippen molar-refractivity contribution in [2.24, 2.45) is 0 Å². The highest BCUT2D eigenvalue weighted by Crippen LogP contribution is 2.35. The number of nitrogens with zero attached hydrogens (tertiary/aromatic N) is 3. The molecule has 2 aliphatic heterocycles. The van der Waals surface area contributed by atoms with Crippen LogP contribution in [0.15, 0.2) is 23.1 Å². The van der Waals surface area contributed by atoms with E-state index in [4.69, 9.17) is 4.74 Å². The van der Waals surface area contributed by atoms with E-state index in [0.717, 1.165) is 0 Å². The molecular formula is C15H21N3O4S. The first-order valence-electron chi connectivity index (χ1n) is 7.57. The van der Waals surface area contributed by atoms with E-state index < -0.39 is 16.1 Å². The summed E-state index contributed by atoms with van der Waals surface area (Å²) in [6, 6.07) is 4.69. The number of sulfonamides is 1. The smallest absolute Gasteiger partial charge is 0.267 e. The van der Waals surface area contributed by atoms with E-state index in [1.54, 1.807) is 26.1 Å². The number of benzene rings is 1. The summed E-state index contributed by atoms with van der Waals surface area (Å²) in [6.45, 7) is 4.04. The Bertz CT molecular complexity index is 726. The highest BCUT2D eigenvalue weighted by Gasteiger charge is 2.32. The number of ether oxygens (including phenoxy) is 1. The molecule has 0 aliphatic carbocycles. The molecule has 1 aromatic carbocycles. The Kier molecular flexibility index (Phi) is 4.07. The Labute approximate surface area is 136 Å². The first-order valence-corrected chi connectivity index (χ1v) is 9.01. The molecule has 1 amide bonds. The molecule has 0 bridgehead atoms. The zero-order valence-electron chi connectivity index (χ0n) is 13.5. The van der Waals surface area contributed by atoms with Crippen LogP contribution in [0.1, 0.15) is 6.92 Å². The van der Waals surface area contributed by atoms with Crippen molar-refractivity contribution in [1.82, 2.24) is 9.21 Å². The number of carbonyl (C=O) groups excluding carboxylic acids is 1. The Balaban J connectivity index is 1.94. The molecule has 3 rings (SSSR count). The molecule has 1 saturated heterocycles. The zero-order chi connectivity index (χ0) is 16.8. The number of hydrogen-bond donors (Lipinski definition) is 0. The van der Waals surface area contributed by atoms with E-state index in [0.29, 0.717) is 37.6 Å². The fourth-order valence-corrected chi connectivity index (χ4v) is 4.27. The van der Waals surface area contributed by atoms with Gasteiger partial charge in [-0.05, 0) is 32.2 Å². The Hall–Kier alpha value is -1.64. The number of anilines is 1. The molecule has 23 heavy (non-hydrogen) atoms. The van der Waals surface area contributed by atoms with Crippen LogP contribution in [0.4, 0.5) is 5.69 Å². The van der Waals surface area contributed by atoms with E-state index >= 15 is 0 Å². The molecule has 0 radical (unpaired) electrons. The van der Waals surface area contributed by atoms with Crippen molar-refractivity contribution >= 4 is 21.6 Å². The minimum Gasteiger partial charge on any atom is -0.479 e. The summed E-state index contributed by atoms with van der Waals surface area (Å²) in [5.74, 6) is 0.337.